The molecular weight excluding hydrogens is 540 g/mol. The number of rotatable bonds is 6. The second-order valence-electron chi connectivity index (χ2n) is 9.29. The number of fused-ring (bicyclic) bond motifs is 2. The molecule has 204 valence electrons. The average molecular weight is 565 g/mol. The molecule has 1 amide bonds. The number of amides is 1. The van der Waals surface area contributed by atoms with E-state index in [0.29, 0.717) is 54.5 Å². The van der Waals surface area contributed by atoms with Crippen LogP contribution in [0.25, 0.3) is 34.3 Å². The van der Waals surface area contributed by atoms with Crippen molar-refractivity contribution in [2.24, 2.45) is 0 Å². The zero-order valence-corrected chi connectivity index (χ0v) is 22.6. The van der Waals surface area contributed by atoms with E-state index in [2.05, 4.69) is 10.3 Å². The van der Waals surface area contributed by atoms with Crippen LogP contribution in [0.4, 0.5) is 5.13 Å². The predicted octanol–water partition coefficient (Wildman–Crippen LogP) is 5.86. The van der Waals surface area contributed by atoms with Crippen LogP contribution in [-0.4, -0.2) is 47.1 Å². The van der Waals surface area contributed by atoms with E-state index in [-0.39, 0.29) is 5.91 Å². The Labute approximate surface area is 239 Å². The average Bonchev–Trinajstić information content (AvgIpc) is 3.67. The van der Waals surface area contributed by atoms with Gasteiger partial charge in [0.05, 0.1) is 11.4 Å². The fraction of sp³-hybridized carbons (Fsp3) is 0.129. The summed E-state index contributed by atoms with van der Waals surface area (Å²) in [7, 11) is 0. The van der Waals surface area contributed by atoms with Crippen LogP contribution in [0.5, 0.6) is 23.0 Å². The third-order valence-electron chi connectivity index (χ3n) is 6.57. The van der Waals surface area contributed by atoms with Gasteiger partial charge in [0.25, 0.3) is 0 Å². The fourth-order valence-corrected chi connectivity index (χ4v) is 5.34. The lowest BCUT2D eigenvalue weighted by atomic mass is 10.1. The Kier molecular flexibility index (Phi) is 6.58. The van der Waals surface area contributed by atoms with Gasteiger partial charge < -0.3 is 18.9 Å². The lowest BCUT2D eigenvalue weighted by molar-refractivity contribution is -0.111. The van der Waals surface area contributed by atoms with E-state index < -0.39 is 0 Å². The van der Waals surface area contributed by atoms with Gasteiger partial charge in [-0.25, -0.2) is 9.67 Å². The summed E-state index contributed by atoms with van der Waals surface area (Å²) < 4.78 is 24.5. The number of benzene rings is 3. The number of carbonyl (C=O) groups is 1. The molecule has 4 heterocycles. The Balaban J connectivity index is 1.13. The summed E-state index contributed by atoms with van der Waals surface area (Å²) >= 11 is 1.36. The molecule has 9 nitrogen and oxygen atoms in total. The number of carbonyl (C=O) groups excluding carboxylic acids is 1. The highest BCUT2D eigenvalue weighted by Gasteiger charge is 2.17. The van der Waals surface area contributed by atoms with Crippen molar-refractivity contribution in [3.8, 4) is 51.2 Å². The van der Waals surface area contributed by atoms with Gasteiger partial charge in [0.1, 0.15) is 32.1 Å². The highest BCUT2D eigenvalue weighted by Crippen LogP contribution is 2.37. The molecule has 0 spiro atoms. The van der Waals surface area contributed by atoms with Gasteiger partial charge in [0, 0.05) is 34.3 Å². The predicted molar refractivity (Wildman–Crippen MR) is 156 cm³/mol. The molecule has 3 aromatic carbocycles. The molecule has 10 heteroatoms. The normalized spacial score (nSPS) is 13.8. The number of ether oxygens (including phenoxy) is 4. The molecule has 0 unspecified atom stereocenters. The van der Waals surface area contributed by atoms with Crippen molar-refractivity contribution in [3.63, 3.8) is 0 Å². The first kappa shape index (κ1) is 24.9. The van der Waals surface area contributed by atoms with Crippen LogP contribution in [0.15, 0.2) is 84.4 Å². The third kappa shape index (κ3) is 5.24. The SMILES string of the molecule is O=C(C=Cc1cn(-c2ccccc2)nc1-c1ccc2c(c1)OCCO2)Nc1nc(-c2ccc3c(c2)OCCO3)cs1. The summed E-state index contributed by atoms with van der Waals surface area (Å²) in [6.07, 6.45) is 5.14. The highest BCUT2D eigenvalue weighted by molar-refractivity contribution is 7.14. The molecule has 1 N–H and O–H groups in total. The van der Waals surface area contributed by atoms with Crippen LogP contribution in [-0.2, 0) is 4.79 Å². The largest absolute Gasteiger partial charge is 0.486 e. The molecule has 0 fully saturated rings. The van der Waals surface area contributed by atoms with E-state index >= 15 is 0 Å². The number of thiazole rings is 1. The van der Waals surface area contributed by atoms with E-state index in [0.717, 1.165) is 33.8 Å². The third-order valence-corrected chi connectivity index (χ3v) is 7.32. The smallest absolute Gasteiger partial charge is 0.250 e. The summed E-state index contributed by atoms with van der Waals surface area (Å²) in [6, 6.07) is 21.3. The minimum absolute atomic E-state index is 0.298. The molecule has 0 bridgehead atoms. The molecule has 2 aliphatic rings. The molecule has 0 saturated carbocycles. The quantitative estimate of drug-likeness (QED) is 0.258. The molecule has 7 rings (SSSR count). The Hall–Kier alpha value is -5.09. The Morgan fingerprint density at radius 1 is 0.829 bits per heavy atom. The first-order valence-electron chi connectivity index (χ1n) is 13.1. The van der Waals surface area contributed by atoms with Crippen LogP contribution in [0.3, 0.4) is 0 Å². The minimum atomic E-state index is -0.298. The fourth-order valence-electron chi connectivity index (χ4n) is 4.62. The van der Waals surface area contributed by atoms with Gasteiger partial charge in [-0.3, -0.25) is 10.1 Å². The minimum Gasteiger partial charge on any atom is -0.486 e. The van der Waals surface area contributed by atoms with Crippen molar-refractivity contribution >= 4 is 28.5 Å². The van der Waals surface area contributed by atoms with Gasteiger partial charge in [-0.2, -0.15) is 5.10 Å². The zero-order valence-electron chi connectivity index (χ0n) is 21.8. The number of para-hydroxylation sites is 1. The Morgan fingerprint density at radius 3 is 2.22 bits per heavy atom. The van der Waals surface area contributed by atoms with Gasteiger partial charge in [0.2, 0.25) is 5.91 Å². The summed E-state index contributed by atoms with van der Waals surface area (Å²) in [4.78, 5) is 17.5. The summed E-state index contributed by atoms with van der Waals surface area (Å²) in [5.41, 5.74) is 4.88. The zero-order chi connectivity index (χ0) is 27.6. The second kappa shape index (κ2) is 10.8. The maximum atomic E-state index is 12.9. The number of nitrogens with zero attached hydrogens (tertiary/aromatic N) is 3. The monoisotopic (exact) mass is 564 g/mol. The first-order valence-corrected chi connectivity index (χ1v) is 14.0. The van der Waals surface area contributed by atoms with Crippen molar-refractivity contribution < 1.29 is 23.7 Å². The molecule has 2 aliphatic heterocycles. The number of hydrogen-bond donors (Lipinski definition) is 1. The molecule has 5 aromatic rings. The summed E-state index contributed by atoms with van der Waals surface area (Å²) in [6.45, 7) is 2.07. The van der Waals surface area contributed by atoms with Crippen molar-refractivity contribution in [1.82, 2.24) is 14.8 Å². The van der Waals surface area contributed by atoms with Gasteiger partial charge in [0.15, 0.2) is 28.1 Å². The molecule has 2 aromatic heterocycles. The molecule has 0 radical (unpaired) electrons. The molecule has 0 saturated heterocycles. The Bertz CT molecular complexity index is 1760. The molecule has 0 atom stereocenters. The number of nitrogens with one attached hydrogen (secondary N) is 1. The maximum absolute atomic E-state index is 12.9. The number of hydrogen-bond acceptors (Lipinski definition) is 8. The molecule has 0 aliphatic carbocycles. The summed E-state index contributed by atoms with van der Waals surface area (Å²) in [5.74, 6) is 2.50. The van der Waals surface area contributed by atoms with Gasteiger partial charge in [-0.15, -0.1) is 11.3 Å². The standard InChI is InChI=1S/C31H24N4O5S/c36-29(33-31-32-24(19-41-31)20-6-9-25-27(16-20)39-14-12-37-25)11-8-22-18-35(23-4-2-1-3-5-23)34-30(22)21-7-10-26-28(17-21)40-15-13-38-26/h1-11,16-19H,12-15H2,(H,32,33,36). The van der Waals surface area contributed by atoms with E-state index in [1.807, 2.05) is 78.3 Å². The van der Waals surface area contributed by atoms with Crippen molar-refractivity contribution in [3.05, 3.63) is 89.9 Å². The van der Waals surface area contributed by atoms with Crippen LogP contribution in [0, 0.1) is 0 Å². The lowest BCUT2D eigenvalue weighted by Crippen LogP contribution is -2.15. The van der Waals surface area contributed by atoms with E-state index in [1.165, 1.54) is 17.4 Å². The Morgan fingerprint density at radius 2 is 1.49 bits per heavy atom. The van der Waals surface area contributed by atoms with Crippen LogP contribution in [0.1, 0.15) is 5.56 Å². The number of anilines is 1. The van der Waals surface area contributed by atoms with Crippen LogP contribution in [0.2, 0.25) is 0 Å². The maximum Gasteiger partial charge on any atom is 0.250 e. The lowest BCUT2D eigenvalue weighted by Gasteiger charge is -2.18. The summed E-state index contributed by atoms with van der Waals surface area (Å²) in [5, 5.41) is 10.1. The molecular formula is C31H24N4O5S. The van der Waals surface area contributed by atoms with Crippen molar-refractivity contribution in [1.29, 1.82) is 0 Å². The van der Waals surface area contributed by atoms with E-state index in [9.17, 15) is 4.79 Å². The van der Waals surface area contributed by atoms with Crippen LogP contribution < -0.4 is 24.3 Å². The van der Waals surface area contributed by atoms with Gasteiger partial charge in [-0.1, -0.05) is 18.2 Å². The second-order valence-corrected chi connectivity index (χ2v) is 10.1. The van der Waals surface area contributed by atoms with Crippen molar-refractivity contribution in [2.75, 3.05) is 31.7 Å². The topological polar surface area (TPSA) is 96.7 Å². The van der Waals surface area contributed by atoms with Crippen molar-refractivity contribution in [2.45, 2.75) is 0 Å². The van der Waals surface area contributed by atoms with Gasteiger partial charge in [-0.05, 0) is 54.6 Å². The molecule has 41 heavy (non-hydrogen) atoms. The van der Waals surface area contributed by atoms with E-state index in [4.69, 9.17) is 24.0 Å². The first-order chi connectivity index (χ1) is 20.2. The van der Waals surface area contributed by atoms with E-state index in [1.54, 1.807) is 10.8 Å². The number of aromatic nitrogens is 3. The highest BCUT2D eigenvalue weighted by atomic mass is 32.1. The van der Waals surface area contributed by atoms with Gasteiger partial charge >= 0.3 is 0 Å². The van der Waals surface area contributed by atoms with Crippen LogP contribution >= 0.6 is 11.3 Å².